The minimum Gasteiger partial charge on any atom is -0.349 e. The van der Waals surface area contributed by atoms with Crippen molar-refractivity contribution >= 4 is 11.8 Å². The van der Waals surface area contributed by atoms with Gasteiger partial charge in [-0.2, -0.15) is 0 Å². The molecule has 1 saturated heterocycles. The topological polar surface area (TPSA) is 49.4 Å². The number of hydrogen-bond donors (Lipinski definition) is 1. The van der Waals surface area contributed by atoms with Crippen molar-refractivity contribution in [3.8, 4) is 0 Å². The van der Waals surface area contributed by atoms with E-state index < -0.39 is 28.9 Å². The Kier molecular flexibility index (Phi) is 5.48. The Balaban J connectivity index is 1.61. The number of benzene rings is 2. The Morgan fingerprint density at radius 1 is 0.963 bits per heavy atom. The van der Waals surface area contributed by atoms with Gasteiger partial charge in [-0.25, -0.2) is 13.2 Å². The van der Waals surface area contributed by atoms with Gasteiger partial charge >= 0.3 is 0 Å². The Hall–Kier alpha value is -2.83. The lowest BCUT2D eigenvalue weighted by Gasteiger charge is -2.32. The SMILES string of the molecule is Cc1ccccc1C(=O)NC1CCN(C(=O)c2ccc(F)c(F)c2F)CC1. The average Bonchev–Trinajstić information content (AvgIpc) is 2.66. The number of likely N-dealkylation sites (tertiary alicyclic amines) is 1. The second kappa shape index (κ2) is 7.82. The first-order valence-electron chi connectivity index (χ1n) is 8.67. The summed E-state index contributed by atoms with van der Waals surface area (Å²) in [4.78, 5) is 26.1. The quantitative estimate of drug-likeness (QED) is 0.835. The smallest absolute Gasteiger partial charge is 0.256 e. The monoisotopic (exact) mass is 376 g/mol. The highest BCUT2D eigenvalue weighted by Gasteiger charge is 2.28. The van der Waals surface area contributed by atoms with Crippen LogP contribution in [0.5, 0.6) is 0 Å². The minimum atomic E-state index is -1.65. The number of aryl methyl sites for hydroxylation is 1. The number of nitrogens with zero attached hydrogens (tertiary/aromatic N) is 1. The van der Waals surface area contributed by atoms with Gasteiger partial charge in [0.15, 0.2) is 17.5 Å². The molecule has 3 rings (SSSR count). The van der Waals surface area contributed by atoms with Gasteiger partial charge in [0.25, 0.3) is 11.8 Å². The molecule has 2 amide bonds. The predicted molar refractivity (Wildman–Crippen MR) is 93.9 cm³/mol. The number of carbonyl (C=O) groups is 2. The first kappa shape index (κ1) is 18.9. The van der Waals surface area contributed by atoms with Gasteiger partial charge < -0.3 is 10.2 Å². The van der Waals surface area contributed by atoms with Crippen LogP contribution in [-0.2, 0) is 0 Å². The molecule has 0 radical (unpaired) electrons. The van der Waals surface area contributed by atoms with Crippen molar-refractivity contribution in [1.29, 1.82) is 0 Å². The van der Waals surface area contributed by atoms with Crippen molar-refractivity contribution in [3.05, 3.63) is 70.5 Å². The summed E-state index contributed by atoms with van der Waals surface area (Å²) in [6, 6.07) is 8.81. The fraction of sp³-hybridized carbons (Fsp3) is 0.300. The van der Waals surface area contributed by atoms with Crippen LogP contribution < -0.4 is 5.32 Å². The van der Waals surface area contributed by atoms with Crippen LogP contribution in [0, 0.1) is 24.4 Å². The summed E-state index contributed by atoms with van der Waals surface area (Å²) in [7, 11) is 0. The fourth-order valence-electron chi connectivity index (χ4n) is 3.18. The normalized spacial score (nSPS) is 14.9. The molecule has 0 unspecified atom stereocenters. The van der Waals surface area contributed by atoms with Gasteiger partial charge in [0.1, 0.15) is 0 Å². The molecule has 1 aliphatic heterocycles. The van der Waals surface area contributed by atoms with E-state index in [0.29, 0.717) is 18.4 Å². The lowest BCUT2D eigenvalue weighted by atomic mass is 10.0. The highest BCUT2D eigenvalue weighted by atomic mass is 19.2. The molecule has 0 bridgehead atoms. The van der Waals surface area contributed by atoms with Crippen LogP contribution in [0.25, 0.3) is 0 Å². The van der Waals surface area contributed by atoms with Gasteiger partial charge in [-0.15, -0.1) is 0 Å². The van der Waals surface area contributed by atoms with E-state index in [1.165, 1.54) is 4.90 Å². The summed E-state index contributed by atoms with van der Waals surface area (Å²) < 4.78 is 40.2. The lowest BCUT2D eigenvalue weighted by Crippen LogP contribution is -2.46. The van der Waals surface area contributed by atoms with Crippen LogP contribution in [-0.4, -0.2) is 35.8 Å². The fourth-order valence-corrected chi connectivity index (χ4v) is 3.18. The van der Waals surface area contributed by atoms with Crippen molar-refractivity contribution in [3.63, 3.8) is 0 Å². The van der Waals surface area contributed by atoms with E-state index in [9.17, 15) is 22.8 Å². The zero-order chi connectivity index (χ0) is 19.6. The largest absolute Gasteiger partial charge is 0.349 e. The zero-order valence-electron chi connectivity index (χ0n) is 14.8. The molecule has 0 aromatic heterocycles. The Morgan fingerprint density at radius 2 is 1.63 bits per heavy atom. The van der Waals surface area contributed by atoms with Gasteiger partial charge in [0, 0.05) is 24.7 Å². The van der Waals surface area contributed by atoms with Crippen LogP contribution in [0.15, 0.2) is 36.4 Å². The van der Waals surface area contributed by atoms with E-state index in [-0.39, 0.29) is 25.0 Å². The molecule has 0 saturated carbocycles. The molecule has 2 aromatic rings. The minimum absolute atomic E-state index is 0.115. The summed E-state index contributed by atoms with van der Waals surface area (Å²) in [5, 5.41) is 2.94. The maximum absolute atomic E-state index is 13.8. The molecule has 4 nitrogen and oxygen atoms in total. The Morgan fingerprint density at radius 3 is 2.30 bits per heavy atom. The number of hydrogen-bond acceptors (Lipinski definition) is 2. The molecular formula is C20H19F3N2O2. The van der Waals surface area contributed by atoms with Crippen LogP contribution in [0.3, 0.4) is 0 Å². The molecule has 7 heteroatoms. The van der Waals surface area contributed by atoms with Crippen molar-refractivity contribution in [2.45, 2.75) is 25.8 Å². The van der Waals surface area contributed by atoms with Crippen LogP contribution in [0.4, 0.5) is 13.2 Å². The van der Waals surface area contributed by atoms with E-state index in [1.807, 2.05) is 19.1 Å². The maximum atomic E-state index is 13.8. The molecule has 27 heavy (non-hydrogen) atoms. The third kappa shape index (κ3) is 3.97. The van der Waals surface area contributed by atoms with Crippen molar-refractivity contribution in [2.24, 2.45) is 0 Å². The number of piperidine rings is 1. The van der Waals surface area contributed by atoms with E-state index in [2.05, 4.69) is 5.32 Å². The van der Waals surface area contributed by atoms with Gasteiger partial charge in [-0.05, 0) is 43.5 Å². The highest BCUT2D eigenvalue weighted by molar-refractivity contribution is 5.96. The molecule has 1 aliphatic rings. The van der Waals surface area contributed by atoms with E-state index >= 15 is 0 Å². The molecular weight excluding hydrogens is 357 g/mol. The molecule has 1 N–H and O–H groups in total. The zero-order valence-corrected chi connectivity index (χ0v) is 14.8. The van der Waals surface area contributed by atoms with Crippen LogP contribution in [0.2, 0.25) is 0 Å². The summed E-state index contributed by atoms with van der Waals surface area (Å²) in [5.74, 6) is -5.32. The third-order valence-electron chi connectivity index (χ3n) is 4.77. The number of amides is 2. The number of carbonyl (C=O) groups excluding carboxylic acids is 2. The van der Waals surface area contributed by atoms with Crippen molar-refractivity contribution in [2.75, 3.05) is 13.1 Å². The molecule has 0 aliphatic carbocycles. The van der Waals surface area contributed by atoms with Crippen LogP contribution >= 0.6 is 0 Å². The third-order valence-corrected chi connectivity index (χ3v) is 4.77. The van der Waals surface area contributed by atoms with Crippen molar-refractivity contribution < 1.29 is 22.8 Å². The van der Waals surface area contributed by atoms with Crippen molar-refractivity contribution in [1.82, 2.24) is 10.2 Å². The molecule has 2 aromatic carbocycles. The van der Waals surface area contributed by atoms with Gasteiger partial charge in [0.2, 0.25) is 0 Å². The van der Waals surface area contributed by atoms with E-state index in [1.54, 1.807) is 12.1 Å². The molecule has 1 fully saturated rings. The van der Waals surface area contributed by atoms with Gasteiger partial charge in [-0.3, -0.25) is 9.59 Å². The Labute approximate surface area is 155 Å². The molecule has 0 atom stereocenters. The first-order chi connectivity index (χ1) is 12.9. The standard InChI is InChI=1S/C20H19F3N2O2/c1-12-4-2-3-5-14(12)19(26)24-13-8-10-25(11-9-13)20(27)15-6-7-16(21)18(23)17(15)22/h2-7,13H,8-11H2,1H3,(H,24,26). The van der Waals surface area contributed by atoms with E-state index in [4.69, 9.17) is 0 Å². The summed E-state index contributed by atoms with van der Waals surface area (Å²) >= 11 is 0. The van der Waals surface area contributed by atoms with Gasteiger partial charge in [0.05, 0.1) is 5.56 Å². The second-order valence-electron chi connectivity index (χ2n) is 6.58. The van der Waals surface area contributed by atoms with E-state index in [0.717, 1.165) is 17.7 Å². The number of rotatable bonds is 3. The first-order valence-corrected chi connectivity index (χ1v) is 8.67. The average molecular weight is 376 g/mol. The molecule has 1 heterocycles. The van der Waals surface area contributed by atoms with Gasteiger partial charge in [-0.1, -0.05) is 18.2 Å². The lowest BCUT2D eigenvalue weighted by molar-refractivity contribution is 0.0692. The summed E-state index contributed by atoms with van der Waals surface area (Å²) in [6.45, 7) is 2.43. The number of nitrogens with one attached hydrogen (secondary N) is 1. The number of halogens is 3. The summed E-state index contributed by atoms with van der Waals surface area (Å²) in [5.41, 5.74) is 0.979. The van der Waals surface area contributed by atoms with Crippen LogP contribution in [0.1, 0.15) is 39.1 Å². The molecule has 0 spiro atoms. The molecule has 142 valence electrons. The Bertz CT molecular complexity index is 878. The summed E-state index contributed by atoms with van der Waals surface area (Å²) in [6.07, 6.45) is 0.989. The maximum Gasteiger partial charge on any atom is 0.256 e. The highest BCUT2D eigenvalue weighted by Crippen LogP contribution is 2.20. The second-order valence-corrected chi connectivity index (χ2v) is 6.58. The predicted octanol–water partition coefficient (Wildman–Crippen LogP) is 3.45.